The van der Waals surface area contributed by atoms with Gasteiger partial charge in [0.15, 0.2) is 11.5 Å². The summed E-state index contributed by atoms with van der Waals surface area (Å²) < 4.78 is 10.8. The Morgan fingerprint density at radius 1 is 1.09 bits per heavy atom. The molecule has 1 N–H and O–H groups in total. The summed E-state index contributed by atoms with van der Waals surface area (Å²) >= 11 is 0. The molecule has 1 aliphatic rings. The van der Waals surface area contributed by atoms with E-state index in [0.29, 0.717) is 11.5 Å². The molecule has 0 saturated carbocycles. The molecule has 1 heterocycles. The van der Waals surface area contributed by atoms with Crippen LogP contribution in [0.15, 0.2) is 30.3 Å². The number of hydrogen-bond donors (Lipinski definition) is 1. The lowest BCUT2D eigenvalue weighted by atomic mass is 9.95. The predicted octanol–water partition coefficient (Wildman–Crippen LogP) is 2.86. The summed E-state index contributed by atoms with van der Waals surface area (Å²) in [4.78, 5) is 2.27. The first-order valence-corrected chi connectivity index (χ1v) is 7.38. The van der Waals surface area contributed by atoms with E-state index in [2.05, 4.69) is 30.1 Å². The number of aliphatic hydroxyl groups is 1. The minimum absolute atomic E-state index is 0.0386. The summed E-state index contributed by atoms with van der Waals surface area (Å²) in [6.45, 7) is 0.983. The van der Waals surface area contributed by atoms with E-state index >= 15 is 0 Å². The molecule has 0 aliphatic carbocycles. The standard InChI is InChI=1S/C18H21NO3/c1-19-8-7-12-5-4-6-14(18(12)19)15-10-17(22-3)16(21-2)9-13(15)11-20/h4-6,9-10,20H,7-8,11H2,1-3H3. The Bertz CT molecular complexity index is 697. The Hall–Kier alpha value is -2.20. The molecule has 0 fully saturated rings. The number of methoxy groups -OCH3 is 2. The molecule has 0 aromatic heterocycles. The molecule has 2 aromatic carbocycles. The van der Waals surface area contributed by atoms with Crippen molar-refractivity contribution >= 4 is 5.69 Å². The summed E-state index contributed by atoms with van der Waals surface area (Å²) in [6, 6.07) is 10.1. The van der Waals surface area contributed by atoms with Gasteiger partial charge in [-0.05, 0) is 35.2 Å². The van der Waals surface area contributed by atoms with E-state index in [4.69, 9.17) is 9.47 Å². The number of nitrogens with zero attached hydrogens (tertiary/aromatic N) is 1. The highest BCUT2D eigenvalue weighted by molar-refractivity contribution is 5.85. The maximum atomic E-state index is 9.77. The summed E-state index contributed by atoms with van der Waals surface area (Å²) in [5.74, 6) is 1.31. The number of ether oxygens (including phenoxy) is 2. The van der Waals surface area contributed by atoms with Gasteiger partial charge in [0.05, 0.1) is 20.8 Å². The Labute approximate surface area is 130 Å². The first-order valence-electron chi connectivity index (χ1n) is 7.38. The Balaban J connectivity index is 2.23. The third-order valence-electron chi connectivity index (χ3n) is 4.29. The fourth-order valence-corrected chi connectivity index (χ4v) is 3.16. The Kier molecular flexibility index (Phi) is 3.94. The maximum absolute atomic E-state index is 9.77. The fraction of sp³-hybridized carbons (Fsp3) is 0.333. The average molecular weight is 299 g/mol. The lowest BCUT2D eigenvalue weighted by molar-refractivity contribution is 0.281. The van der Waals surface area contributed by atoms with E-state index in [9.17, 15) is 5.11 Å². The minimum atomic E-state index is -0.0386. The second-order valence-electron chi connectivity index (χ2n) is 5.51. The lowest BCUT2D eigenvalue weighted by Gasteiger charge is -2.20. The number of aliphatic hydroxyl groups excluding tert-OH is 1. The smallest absolute Gasteiger partial charge is 0.161 e. The van der Waals surface area contributed by atoms with Crippen LogP contribution in [0.25, 0.3) is 11.1 Å². The number of para-hydroxylation sites is 1. The normalized spacial score (nSPS) is 13.2. The van der Waals surface area contributed by atoms with Crippen molar-refractivity contribution < 1.29 is 14.6 Å². The number of fused-ring (bicyclic) bond motifs is 1. The van der Waals surface area contributed by atoms with Crippen LogP contribution in [0.3, 0.4) is 0 Å². The molecule has 1 aliphatic heterocycles. The van der Waals surface area contributed by atoms with Gasteiger partial charge in [0.1, 0.15) is 0 Å². The quantitative estimate of drug-likeness (QED) is 0.942. The maximum Gasteiger partial charge on any atom is 0.161 e. The van der Waals surface area contributed by atoms with Gasteiger partial charge in [0, 0.05) is 24.8 Å². The number of rotatable bonds is 4. The van der Waals surface area contributed by atoms with Gasteiger partial charge >= 0.3 is 0 Å². The Morgan fingerprint density at radius 2 is 1.82 bits per heavy atom. The zero-order valence-corrected chi connectivity index (χ0v) is 13.2. The first kappa shape index (κ1) is 14.7. The number of benzene rings is 2. The van der Waals surface area contributed by atoms with Crippen molar-refractivity contribution in [1.82, 2.24) is 0 Å². The third-order valence-corrected chi connectivity index (χ3v) is 4.29. The van der Waals surface area contributed by atoms with Crippen molar-refractivity contribution in [3.63, 3.8) is 0 Å². The fourth-order valence-electron chi connectivity index (χ4n) is 3.16. The molecule has 3 rings (SSSR count). The molecule has 0 saturated heterocycles. The molecule has 4 nitrogen and oxygen atoms in total. The molecule has 0 amide bonds. The molecule has 22 heavy (non-hydrogen) atoms. The first-order chi connectivity index (χ1) is 10.7. The number of hydrogen-bond acceptors (Lipinski definition) is 4. The van der Waals surface area contributed by atoms with Crippen LogP contribution < -0.4 is 14.4 Å². The largest absolute Gasteiger partial charge is 0.493 e. The van der Waals surface area contributed by atoms with Crippen LogP contribution in [0.4, 0.5) is 5.69 Å². The van der Waals surface area contributed by atoms with Crippen molar-refractivity contribution in [3.05, 3.63) is 41.5 Å². The van der Waals surface area contributed by atoms with Crippen LogP contribution >= 0.6 is 0 Å². The van der Waals surface area contributed by atoms with Crippen molar-refractivity contribution in [2.45, 2.75) is 13.0 Å². The van der Waals surface area contributed by atoms with Crippen LogP contribution in [0.5, 0.6) is 11.5 Å². The predicted molar refractivity (Wildman–Crippen MR) is 87.9 cm³/mol. The molecule has 0 bridgehead atoms. The number of anilines is 1. The molecular weight excluding hydrogens is 278 g/mol. The third kappa shape index (κ3) is 2.29. The van der Waals surface area contributed by atoms with Crippen LogP contribution in [0, 0.1) is 0 Å². The zero-order chi connectivity index (χ0) is 15.7. The summed E-state index contributed by atoms with van der Waals surface area (Å²) in [5, 5.41) is 9.77. The van der Waals surface area contributed by atoms with Gasteiger partial charge in [-0.15, -0.1) is 0 Å². The van der Waals surface area contributed by atoms with Gasteiger partial charge < -0.3 is 19.5 Å². The van der Waals surface area contributed by atoms with Crippen LogP contribution in [0.2, 0.25) is 0 Å². The van der Waals surface area contributed by atoms with Crippen LogP contribution in [-0.2, 0) is 13.0 Å². The van der Waals surface area contributed by atoms with Gasteiger partial charge in [0.2, 0.25) is 0 Å². The number of likely N-dealkylation sites (N-methyl/N-ethyl adjacent to an activating group) is 1. The van der Waals surface area contributed by atoms with Gasteiger partial charge in [-0.3, -0.25) is 0 Å². The molecule has 0 unspecified atom stereocenters. The molecule has 0 atom stereocenters. The average Bonchev–Trinajstić information content (AvgIpc) is 2.95. The lowest BCUT2D eigenvalue weighted by Crippen LogP contribution is -2.13. The molecule has 0 spiro atoms. The second kappa shape index (κ2) is 5.89. The van der Waals surface area contributed by atoms with Crippen molar-refractivity contribution in [3.8, 4) is 22.6 Å². The molecule has 2 aromatic rings. The van der Waals surface area contributed by atoms with E-state index < -0.39 is 0 Å². The topological polar surface area (TPSA) is 41.9 Å². The minimum Gasteiger partial charge on any atom is -0.493 e. The Morgan fingerprint density at radius 3 is 2.50 bits per heavy atom. The van der Waals surface area contributed by atoms with Gasteiger partial charge in [-0.1, -0.05) is 18.2 Å². The molecule has 116 valence electrons. The van der Waals surface area contributed by atoms with Crippen molar-refractivity contribution in [1.29, 1.82) is 0 Å². The van der Waals surface area contributed by atoms with E-state index in [-0.39, 0.29) is 6.61 Å². The van der Waals surface area contributed by atoms with Crippen LogP contribution in [0.1, 0.15) is 11.1 Å². The van der Waals surface area contributed by atoms with E-state index in [0.717, 1.165) is 29.7 Å². The summed E-state index contributed by atoms with van der Waals surface area (Å²) in [7, 11) is 5.34. The van der Waals surface area contributed by atoms with Crippen LogP contribution in [-0.4, -0.2) is 32.9 Å². The zero-order valence-electron chi connectivity index (χ0n) is 13.2. The highest BCUT2D eigenvalue weighted by Gasteiger charge is 2.22. The second-order valence-corrected chi connectivity index (χ2v) is 5.51. The van der Waals surface area contributed by atoms with E-state index in [1.807, 2.05) is 12.1 Å². The van der Waals surface area contributed by atoms with Gasteiger partial charge in [0.25, 0.3) is 0 Å². The molecule has 0 radical (unpaired) electrons. The molecule has 4 heteroatoms. The van der Waals surface area contributed by atoms with Crippen molar-refractivity contribution in [2.24, 2.45) is 0 Å². The highest BCUT2D eigenvalue weighted by Crippen LogP contribution is 2.42. The van der Waals surface area contributed by atoms with E-state index in [1.165, 1.54) is 11.3 Å². The highest BCUT2D eigenvalue weighted by atomic mass is 16.5. The summed E-state index contributed by atoms with van der Waals surface area (Å²) in [6.07, 6.45) is 1.06. The summed E-state index contributed by atoms with van der Waals surface area (Å²) in [5.41, 5.74) is 5.54. The van der Waals surface area contributed by atoms with Crippen molar-refractivity contribution in [2.75, 3.05) is 32.7 Å². The SMILES string of the molecule is COc1cc(CO)c(-c2cccc3c2N(C)CC3)cc1OC. The molecular formula is C18H21NO3. The monoisotopic (exact) mass is 299 g/mol. The van der Waals surface area contributed by atoms with Gasteiger partial charge in [-0.25, -0.2) is 0 Å². The van der Waals surface area contributed by atoms with E-state index in [1.54, 1.807) is 14.2 Å². The van der Waals surface area contributed by atoms with Gasteiger partial charge in [-0.2, -0.15) is 0 Å².